The van der Waals surface area contributed by atoms with Crippen LogP contribution in [-0.4, -0.2) is 57.3 Å². The second kappa shape index (κ2) is 14.2. The van der Waals surface area contributed by atoms with Crippen molar-refractivity contribution in [3.63, 3.8) is 0 Å². The maximum Gasteiger partial charge on any atom is 0.191 e. The van der Waals surface area contributed by atoms with E-state index in [1.807, 2.05) is 7.05 Å². The van der Waals surface area contributed by atoms with Crippen LogP contribution >= 0.6 is 24.0 Å². The molecule has 1 atom stereocenters. The zero-order valence-electron chi connectivity index (χ0n) is 17.1. The van der Waals surface area contributed by atoms with E-state index in [-0.39, 0.29) is 24.0 Å². The van der Waals surface area contributed by atoms with Crippen LogP contribution in [0.4, 0.5) is 0 Å². The van der Waals surface area contributed by atoms with E-state index >= 15 is 0 Å². The molecule has 1 fully saturated rings. The molecule has 0 radical (unpaired) electrons. The van der Waals surface area contributed by atoms with Crippen LogP contribution in [0.25, 0.3) is 0 Å². The molecule has 1 aromatic rings. The Bertz CT molecular complexity index is 518. The second-order valence-corrected chi connectivity index (χ2v) is 7.37. The molecule has 0 aliphatic carbocycles. The molecule has 0 spiro atoms. The molecule has 0 aromatic heterocycles. The fourth-order valence-electron chi connectivity index (χ4n) is 3.30. The smallest absolute Gasteiger partial charge is 0.191 e. The average Bonchev–Trinajstić information content (AvgIpc) is 3.18. The predicted octanol–water partition coefficient (Wildman–Crippen LogP) is 3.67. The molecule has 2 N–H and O–H groups in total. The van der Waals surface area contributed by atoms with Crippen molar-refractivity contribution < 1.29 is 4.74 Å². The minimum absolute atomic E-state index is 0. The summed E-state index contributed by atoms with van der Waals surface area (Å²) in [5.74, 6) is 1.46. The fraction of sp³-hybridized carbons (Fsp3) is 0.667. The maximum atomic E-state index is 5.63. The molecule has 1 aliphatic rings. The summed E-state index contributed by atoms with van der Waals surface area (Å²) in [6, 6.07) is 11.2. The van der Waals surface area contributed by atoms with Crippen molar-refractivity contribution in [1.82, 2.24) is 15.5 Å². The van der Waals surface area contributed by atoms with Crippen LogP contribution in [0.1, 0.15) is 44.7 Å². The third-order valence-corrected chi connectivity index (χ3v) is 4.66. The highest BCUT2D eigenvalue weighted by atomic mass is 127. The number of rotatable bonds is 10. The first-order chi connectivity index (χ1) is 12.7. The molecule has 0 saturated carbocycles. The van der Waals surface area contributed by atoms with E-state index in [1.54, 1.807) is 0 Å². The van der Waals surface area contributed by atoms with Gasteiger partial charge in [0.05, 0.1) is 6.04 Å². The highest BCUT2D eigenvalue weighted by Crippen LogP contribution is 2.24. The Morgan fingerprint density at radius 2 is 1.85 bits per heavy atom. The number of likely N-dealkylation sites (tertiary alicyclic amines) is 1. The summed E-state index contributed by atoms with van der Waals surface area (Å²) in [4.78, 5) is 6.94. The Hall–Kier alpha value is -0.860. The molecule has 2 rings (SSSR count). The van der Waals surface area contributed by atoms with Crippen molar-refractivity contribution >= 4 is 29.9 Å². The summed E-state index contributed by atoms with van der Waals surface area (Å²) >= 11 is 0. The van der Waals surface area contributed by atoms with Gasteiger partial charge in [-0.05, 0) is 43.8 Å². The van der Waals surface area contributed by atoms with Gasteiger partial charge in [-0.25, -0.2) is 0 Å². The Balaban J connectivity index is 0.00000364. The summed E-state index contributed by atoms with van der Waals surface area (Å²) < 4.78 is 5.63. The van der Waals surface area contributed by atoms with Gasteiger partial charge in [0.25, 0.3) is 0 Å². The van der Waals surface area contributed by atoms with Crippen LogP contribution in [0.15, 0.2) is 35.3 Å². The van der Waals surface area contributed by atoms with Crippen molar-refractivity contribution in [3.05, 3.63) is 35.9 Å². The predicted molar refractivity (Wildman–Crippen MR) is 125 cm³/mol. The molecular weight excluding hydrogens is 451 g/mol. The molecule has 27 heavy (non-hydrogen) atoms. The first kappa shape index (κ1) is 24.2. The normalized spacial score (nSPS) is 16.2. The highest BCUT2D eigenvalue weighted by molar-refractivity contribution is 14.0. The molecule has 0 bridgehead atoms. The lowest BCUT2D eigenvalue weighted by molar-refractivity contribution is 0.108. The van der Waals surface area contributed by atoms with E-state index < -0.39 is 0 Å². The third kappa shape index (κ3) is 9.25. The van der Waals surface area contributed by atoms with E-state index in [9.17, 15) is 0 Å². The van der Waals surface area contributed by atoms with E-state index in [0.717, 1.165) is 38.7 Å². The Morgan fingerprint density at radius 1 is 1.15 bits per heavy atom. The van der Waals surface area contributed by atoms with Gasteiger partial charge >= 0.3 is 0 Å². The van der Waals surface area contributed by atoms with Gasteiger partial charge in [0.2, 0.25) is 0 Å². The molecular formula is C21H37IN4O. The van der Waals surface area contributed by atoms with Crippen LogP contribution in [-0.2, 0) is 4.74 Å². The van der Waals surface area contributed by atoms with Crippen LogP contribution in [0.5, 0.6) is 0 Å². The zero-order valence-corrected chi connectivity index (χ0v) is 19.4. The van der Waals surface area contributed by atoms with E-state index in [0.29, 0.717) is 12.0 Å². The lowest BCUT2D eigenvalue weighted by Gasteiger charge is -2.29. The molecule has 1 unspecified atom stereocenters. The van der Waals surface area contributed by atoms with Crippen LogP contribution in [0.2, 0.25) is 0 Å². The first-order valence-corrected chi connectivity index (χ1v) is 10.0. The number of halogens is 1. The number of benzene rings is 1. The Labute approximate surface area is 182 Å². The van der Waals surface area contributed by atoms with Crippen LogP contribution < -0.4 is 10.6 Å². The number of aliphatic imine (C=N–C) groups is 1. The largest absolute Gasteiger partial charge is 0.381 e. The number of nitrogens with one attached hydrogen (secondary N) is 2. The first-order valence-electron chi connectivity index (χ1n) is 10.0. The quantitative estimate of drug-likeness (QED) is 0.229. The maximum absolute atomic E-state index is 5.63. The van der Waals surface area contributed by atoms with Gasteiger partial charge in [0.15, 0.2) is 5.96 Å². The van der Waals surface area contributed by atoms with Gasteiger partial charge < -0.3 is 15.4 Å². The van der Waals surface area contributed by atoms with Crippen molar-refractivity contribution in [2.75, 3.05) is 46.4 Å². The third-order valence-electron chi connectivity index (χ3n) is 4.66. The van der Waals surface area contributed by atoms with Gasteiger partial charge in [-0.2, -0.15) is 0 Å². The van der Waals surface area contributed by atoms with E-state index in [4.69, 9.17) is 4.74 Å². The molecule has 154 valence electrons. The van der Waals surface area contributed by atoms with Crippen molar-refractivity contribution in [3.8, 4) is 0 Å². The summed E-state index contributed by atoms with van der Waals surface area (Å²) in [7, 11) is 1.83. The summed E-state index contributed by atoms with van der Waals surface area (Å²) in [6.45, 7) is 10.1. The SMILES string of the molecule is CN=C(NCCCOCC(C)C)NCC(c1ccccc1)N1CCCC1.I. The molecule has 0 amide bonds. The molecule has 5 nitrogen and oxygen atoms in total. The number of ether oxygens (including phenoxy) is 1. The summed E-state index contributed by atoms with van der Waals surface area (Å²) in [6.07, 6.45) is 3.58. The number of hydrogen-bond donors (Lipinski definition) is 2. The zero-order chi connectivity index (χ0) is 18.6. The number of nitrogens with zero attached hydrogens (tertiary/aromatic N) is 2. The topological polar surface area (TPSA) is 48.9 Å². The Kier molecular flexibility index (Phi) is 12.7. The lowest BCUT2D eigenvalue weighted by Crippen LogP contribution is -2.43. The molecule has 1 aliphatic heterocycles. The minimum atomic E-state index is 0. The molecule has 1 aromatic carbocycles. The molecule has 1 heterocycles. The molecule has 1 saturated heterocycles. The Morgan fingerprint density at radius 3 is 2.48 bits per heavy atom. The fourth-order valence-corrected chi connectivity index (χ4v) is 3.30. The number of guanidine groups is 1. The highest BCUT2D eigenvalue weighted by Gasteiger charge is 2.23. The lowest BCUT2D eigenvalue weighted by atomic mass is 10.1. The minimum Gasteiger partial charge on any atom is -0.381 e. The van der Waals surface area contributed by atoms with Crippen LogP contribution in [0.3, 0.4) is 0 Å². The number of hydrogen-bond acceptors (Lipinski definition) is 3. The van der Waals surface area contributed by atoms with Gasteiger partial charge in [-0.3, -0.25) is 9.89 Å². The van der Waals surface area contributed by atoms with Crippen molar-refractivity contribution in [2.45, 2.75) is 39.2 Å². The molecule has 6 heteroatoms. The van der Waals surface area contributed by atoms with Crippen molar-refractivity contribution in [1.29, 1.82) is 0 Å². The second-order valence-electron chi connectivity index (χ2n) is 7.37. The summed E-state index contributed by atoms with van der Waals surface area (Å²) in [5.41, 5.74) is 1.37. The van der Waals surface area contributed by atoms with Crippen molar-refractivity contribution in [2.24, 2.45) is 10.9 Å². The van der Waals surface area contributed by atoms with Crippen LogP contribution in [0, 0.1) is 5.92 Å². The summed E-state index contributed by atoms with van der Waals surface area (Å²) in [5, 5.41) is 6.91. The monoisotopic (exact) mass is 488 g/mol. The van der Waals surface area contributed by atoms with Gasteiger partial charge in [-0.15, -0.1) is 24.0 Å². The van der Waals surface area contributed by atoms with Gasteiger partial charge in [0.1, 0.15) is 0 Å². The average molecular weight is 488 g/mol. The standard InChI is InChI=1S/C21H36N4O.HI/c1-18(2)17-26-15-9-12-23-21(22-3)24-16-20(25-13-7-8-14-25)19-10-5-4-6-11-19;/h4-6,10-11,18,20H,7-9,12-17H2,1-3H3,(H2,22,23,24);1H. The van der Waals surface area contributed by atoms with E-state index in [2.05, 4.69) is 64.7 Å². The van der Waals surface area contributed by atoms with E-state index in [1.165, 1.54) is 31.5 Å². The van der Waals surface area contributed by atoms with Gasteiger partial charge in [0, 0.05) is 33.4 Å². The van der Waals surface area contributed by atoms with Gasteiger partial charge in [-0.1, -0.05) is 44.2 Å².